The van der Waals surface area contributed by atoms with Gasteiger partial charge in [0.15, 0.2) is 5.60 Å². The highest BCUT2D eigenvalue weighted by Gasteiger charge is 2.55. The van der Waals surface area contributed by atoms with E-state index in [0.29, 0.717) is 23.6 Å². The Hall–Kier alpha value is -5.03. The highest BCUT2D eigenvalue weighted by molar-refractivity contribution is 5.98. The highest BCUT2D eigenvalue weighted by Crippen LogP contribution is 2.59. The molecule has 2 aliphatic rings. The molecule has 0 aromatic heterocycles. The molecule has 214 valence electrons. The minimum Gasteiger partial charge on any atom is -0.456 e. The van der Waals surface area contributed by atoms with Gasteiger partial charge in [-0.2, -0.15) is 0 Å². The van der Waals surface area contributed by atoms with Gasteiger partial charge in [0.25, 0.3) is 0 Å². The van der Waals surface area contributed by atoms with Crippen molar-refractivity contribution < 1.29 is 14.3 Å². The number of anilines is 3. The zero-order valence-corrected chi connectivity index (χ0v) is 24.7. The monoisotopic (exact) mass is 566 g/mol. The van der Waals surface area contributed by atoms with Gasteiger partial charge in [0.1, 0.15) is 11.5 Å². The number of para-hydroxylation sites is 1. The lowest BCUT2D eigenvalue weighted by atomic mass is 9.76. The Kier molecular flexibility index (Phi) is 6.66. The normalized spacial score (nSPS) is 16.1. The zero-order chi connectivity index (χ0) is 29.6. The predicted octanol–water partition coefficient (Wildman–Crippen LogP) is 8.75. The third-order valence-electron chi connectivity index (χ3n) is 8.70. The molecule has 1 atom stereocenters. The molecule has 5 aromatic carbocycles. The maximum absolute atomic E-state index is 13.6. The van der Waals surface area contributed by atoms with Crippen molar-refractivity contribution in [3.05, 3.63) is 149 Å². The lowest BCUT2D eigenvalue weighted by Crippen LogP contribution is -2.35. The van der Waals surface area contributed by atoms with Crippen molar-refractivity contribution in [1.82, 2.24) is 0 Å². The van der Waals surface area contributed by atoms with Crippen molar-refractivity contribution in [1.29, 1.82) is 0 Å². The Bertz CT molecular complexity index is 1830. The van der Waals surface area contributed by atoms with Gasteiger partial charge in [-0.25, -0.2) is 4.79 Å². The third-order valence-corrected chi connectivity index (χ3v) is 8.70. The Morgan fingerprint density at radius 1 is 0.698 bits per heavy atom. The van der Waals surface area contributed by atoms with Crippen molar-refractivity contribution in [3.63, 3.8) is 0 Å². The van der Waals surface area contributed by atoms with Crippen LogP contribution in [0.5, 0.6) is 11.5 Å². The molecule has 5 nitrogen and oxygen atoms in total. The van der Waals surface area contributed by atoms with Gasteiger partial charge in [0.05, 0.1) is 16.8 Å². The summed E-state index contributed by atoms with van der Waals surface area (Å²) in [5, 5.41) is 0. The highest BCUT2D eigenvalue weighted by atomic mass is 16.6. The second-order valence-electron chi connectivity index (χ2n) is 11.1. The summed E-state index contributed by atoms with van der Waals surface area (Å²) in [6, 6.07) is 38.9. The first-order chi connectivity index (χ1) is 21.0. The number of nitrogens with zero attached hydrogens (tertiary/aromatic N) is 2. The molecule has 0 amide bonds. The summed E-state index contributed by atoms with van der Waals surface area (Å²) in [6.45, 7) is 8.97. The predicted molar refractivity (Wildman–Crippen MR) is 172 cm³/mol. The van der Waals surface area contributed by atoms with Crippen LogP contribution < -0.4 is 14.5 Å². The fourth-order valence-electron chi connectivity index (χ4n) is 6.63. The molecule has 0 saturated carbocycles. The first-order valence-electron chi connectivity index (χ1n) is 15.0. The smallest absolute Gasteiger partial charge is 0.340 e. The molecule has 5 aromatic rings. The number of esters is 1. The quantitative estimate of drug-likeness (QED) is 0.184. The molecular weight excluding hydrogens is 532 g/mol. The molecule has 1 unspecified atom stereocenters. The van der Waals surface area contributed by atoms with Gasteiger partial charge < -0.3 is 19.3 Å². The molecule has 7 rings (SSSR count). The number of hydrogen-bond donors (Lipinski definition) is 0. The molecule has 0 N–H and O–H groups in total. The number of hydrogen-bond acceptors (Lipinski definition) is 5. The average molecular weight is 567 g/mol. The Labute approximate surface area is 252 Å². The van der Waals surface area contributed by atoms with Gasteiger partial charge in [0, 0.05) is 42.1 Å². The van der Waals surface area contributed by atoms with Crippen LogP contribution in [0.25, 0.3) is 0 Å². The minimum absolute atomic E-state index is 0.331. The number of rotatable bonds is 7. The van der Waals surface area contributed by atoms with Crippen LogP contribution in [-0.2, 0) is 16.9 Å². The summed E-state index contributed by atoms with van der Waals surface area (Å²) < 4.78 is 13.2. The van der Waals surface area contributed by atoms with Crippen LogP contribution in [0.1, 0.15) is 52.0 Å². The number of benzene rings is 5. The van der Waals surface area contributed by atoms with Crippen molar-refractivity contribution in [2.45, 2.75) is 32.9 Å². The number of fused-ring (bicyclic) bond motifs is 6. The molecule has 0 bridgehead atoms. The van der Waals surface area contributed by atoms with Gasteiger partial charge >= 0.3 is 5.97 Å². The summed E-state index contributed by atoms with van der Waals surface area (Å²) in [4.78, 5) is 18.3. The van der Waals surface area contributed by atoms with E-state index in [1.54, 1.807) is 0 Å². The maximum Gasteiger partial charge on any atom is 0.340 e. The van der Waals surface area contributed by atoms with E-state index in [0.717, 1.165) is 46.7 Å². The first-order valence-corrected chi connectivity index (χ1v) is 15.0. The Morgan fingerprint density at radius 3 is 2.19 bits per heavy atom. The summed E-state index contributed by atoms with van der Waals surface area (Å²) in [7, 11) is 0. The van der Waals surface area contributed by atoms with Crippen LogP contribution in [0.2, 0.25) is 0 Å². The van der Waals surface area contributed by atoms with Crippen molar-refractivity contribution in [2.75, 3.05) is 22.9 Å². The lowest BCUT2D eigenvalue weighted by molar-refractivity contribution is 0.0226. The Balaban J connectivity index is 1.52. The van der Waals surface area contributed by atoms with Crippen molar-refractivity contribution >= 4 is 23.0 Å². The summed E-state index contributed by atoms with van der Waals surface area (Å²) in [5.74, 6) is 1.03. The van der Waals surface area contributed by atoms with E-state index in [1.165, 1.54) is 11.3 Å². The molecule has 0 fully saturated rings. The summed E-state index contributed by atoms with van der Waals surface area (Å²) >= 11 is 0. The molecule has 2 heterocycles. The first kappa shape index (κ1) is 26.8. The van der Waals surface area contributed by atoms with E-state index in [1.807, 2.05) is 66.7 Å². The second kappa shape index (κ2) is 10.7. The topological polar surface area (TPSA) is 42.0 Å². The zero-order valence-electron chi connectivity index (χ0n) is 24.7. The van der Waals surface area contributed by atoms with Crippen LogP contribution in [-0.4, -0.2) is 19.1 Å². The molecule has 0 saturated heterocycles. The van der Waals surface area contributed by atoms with Crippen LogP contribution in [0, 0.1) is 6.92 Å². The van der Waals surface area contributed by atoms with E-state index < -0.39 is 5.60 Å². The van der Waals surface area contributed by atoms with Crippen LogP contribution in [0.3, 0.4) is 0 Å². The molecule has 43 heavy (non-hydrogen) atoms. The Morgan fingerprint density at radius 2 is 1.40 bits per heavy atom. The van der Waals surface area contributed by atoms with Crippen LogP contribution in [0.15, 0.2) is 115 Å². The second-order valence-corrected chi connectivity index (χ2v) is 11.1. The third kappa shape index (κ3) is 4.26. The molecular formula is C38H34N2O3. The number of ether oxygens (including phenoxy) is 2. The van der Waals surface area contributed by atoms with E-state index in [2.05, 4.69) is 79.1 Å². The van der Waals surface area contributed by atoms with Crippen LogP contribution in [0.4, 0.5) is 17.1 Å². The number of carbonyl (C=O) groups is 1. The van der Waals surface area contributed by atoms with Crippen LogP contribution >= 0.6 is 0 Å². The van der Waals surface area contributed by atoms with E-state index >= 15 is 0 Å². The fraction of sp³-hybridized carbons (Fsp3) is 0.184. The van der Waals surface area contributed by atoms with Gasteiger partial charge in [-0.3, -0.25) is 0 Å². The van der Waals surface area contributed by atoms with E-state index in [-0.39, 0.29) is 5.97 Å². The maximum atomic E-state index is 13.6. The fourth-order valence-corrected chi connectivity index (χ4v) is 6.63. The summed E-state index contributed by atoms with van der Waals surface area (Å²) in [5.41, 5.74) is 7.41. The van der Waals surface area contributed by atoms with E-state index in [4.69, 9.17) is 9.47 Å². The molecule has 1 spiro atoms. The largest absolute Gasteiger partial charge is 0.456 e. The molecule has 5 heteroatoms. The van der Waals surface area contributed by atoms with Crippen molar-refractivity contribution in [3.8, 4) is 11.5 Å². The standard InChI is InChI=1S/C38H34N2O3/c1-4-39(5-2)28-23-22-26(3)33(24-28)40(25-27-14-7-6-8-15-27)32-19-13-21-35-36(32)38(31-18-11-12-20-34(31)42-35)30-17-10-9-16-29(30)37(41)43-38/h6-24H,4-5,25H2,1-3H3. The molecule has 0 radical (unpaired) electrons. The molecule has 0 aliphatic carbocycles. The SMILES string of the molecule is CCN(CC)c1ccc(C)c(N(Cc2ccccc2)c2cccc3c2C2(OC(=O)c4ccccc42)c2ccccc2O3)c1. The van der Waals surface area contributed by atoms with Crippen molar-refractivity contribution in [2.24, 2.45) is 0 Å². The summed E-state index contributed by atoms with van der Waals surface area (Å²) in [6.07, 6.45) is 0. The molecule has 2 aliphatic heterocycles. The van der Waals surface area contributed by atoms with Gasteiger partial charge in [-0.05, 0) is 68.3 Å². The van der Waals surface area contributed by atoms with Gasteiger partial charge in [0.2, 0.25) is 0 Å². The van der Waals surface area contributed by atoms with E-state index in [9.17, 15) is 4.79 Å². The number of aryl methyl sites for hydroxylation is 1. The average Bonchev–Trinajstić information content (AvgIpc) is 3.34. The van der Waals surface area contributed by atoms with Gasteiger partial charge in [-0.1, -0.05) is 78.9 Å². The van der Waals surface area contributed by atoms with Gasteiger partial charge in [-0.15, -0.1) is 0 Å². The minimum atomic E-state index is -1.16. The lowest BCUT2D eigenvalue weighted by Gasteiger charge is -2.40. The number of carbonyl (C=O) groups excluding carboxylic acids is 1.